The van der Waals surface area contributed by atoms with Crippen LogP contribution in [0.15, 0.2) is 11.9 Å². The van der Waals surface area contributed by atoms with E-state index in [9.17, 15) is 4.57 Å². The average molecular weight is 478 g/mol. The second-order valence-corrected chi connectivity index (χ2v) is 11.8. The van der Waals surface area contributed by atoms with Gasteiger partial charge in [-0.25, -0.2) is 4.67 Å². The average Bonchev–Trinajstić information content (AvgIpc) is 2.91. The molecule has 2 heterocycles. The zero-order valence-electron chi connectivity index (χ0n) is 19.5. The maximum atomic E-state index is 12.6. The minimum atomic E-state index is -3.38. The number of nitrogens with zero attached hydrogens (tertiary/aromatic N) is 2. The van der Waals surface area contributed by atoms with Crippen molar-refractivity contribution in [3.63, 3.8) is 0 Å². The first kappa shape index (κ1) is 26.9. The molecule has 178 valence electrons. The molecule has 0 aromatic heterocycles. The summed E-state index contributed by atoms with van der Waals surface area (Å²) in [6.45, 7) is 10.9. The molecule has 0 N–H and O–H groups in total. The molecule has 0 aromatic carbocycles. The first-order chi connectivity index (χ1) is 14.6. The molecule has 2 fully saturated rings. The molecular formula is C20H36N2O7P2. The number of rotatable bonds is 12. The van der Waals surface area contributed by atoms with Crippen LogP contribution in [-0.4, -0.2) is 68.1 Å². The molecule has 2 bridgehead atoms. The van der Waals surface area contributed by atoms with Gasteiger partial charge in [0.2, 0.25) is 0 Å². The topological polar surface area (TPSA) is 99.5 Å². The first-order valence-electron chi connectivity index (χ1n) is 10.6. The van der Waals surface area contributed by atoms with Crippen molar-refractivity contribution in [2.45, 2.75) is 83.5 Å². The van der Waals surface area contributed by atoms with Gasteiger partial charge in [-0.3, -0.25) is 4.57 Å². The predicted molar refractivity (Wildman–Crippen MR) is 118 cm³/mol. The Morgan fingerprint density at radius 3 is 2.48 bits per heavy atom. The molecular weight excluding hydrogens is 442 g/mol. The Bertz CT molecular complexity index is 684. The Hall–Kier alpha value is -0.390. The van der Waals surface area contributed by atoms with E-state index < -0.39 is 27.8 Å². The summed E-state index contributed by atoms with van der Waals surface area (Å²) in [5.41, 5.74) is -0.937. The molecule has 2 rings (SSSR count). The lowest BCUT2D eigenvalue weighted by Gasteiger charge is -2.43. The molecule has 2 aliphatic rings. The highest BCUT2D eigenvalue weighted by Crippen LogP contribution is 2.54. The van der Waals surface area contributed by atoms with Gasteiger partial charge in [-0.15, -0.1) is 0 Å². The van der Waals surface area contributed by atoms with Crippen LogP contribution in [0.5, 0.6) is 0 Å². The molecule has 0 radical (unpaired) electrons. The minimum absolute atomic E-state index is 0.0569. The zero-order valence-corrected chi connectivity index (χ0v) is 21.3. The van der Waals surface area contributed by atoms with Crippen molar-refractivity contribution < 1.29 is 32.1 Å². The Morgan fingerprint density at radius 2 is 1.94 bits per heavy atom. The maximum absolute atomic E-state index is 12.6. The van der Waals surface area contributed by atoms with Crippen LogP contribution in [0.4, 0.5) is 0 Å². The third-order valence-corrected chi connectivity index (χ3v) is 8.89. The summed E-state index contributed by atoms with van der Waals surface area (Å²) >= 11 is 0. The summed E-state index contributed by atoms with van der Waals surface area (Å²) in [6, 6.07) is 2.45. The van der Waals surface area contributed by atoms with Gasteiger partial charge < -0.3 is 27.6 Å². The highest BCUT2D eigenvalue weighted by atomic mass is 31.2. The van der Waals surface area contributed by atoms with E-state index in [1.165, 1.54) is 20.0 Å². The standard InChI is InChI=1S/C20H36N2O7P2/c1-15(2)22(16(3)4)30(27-11-8-10-21)29-19-18-13-17(5)28-20(19,14-26-18)9-12-31(23,24-6)25-7/h9,12,15-19H,8,11,13-14H2,1-7H3/b12-9+/t17-,18-,19+,20-,30?/m0/s1. The van der Waals surface area contributed by atoms with E-state index in [4.69, 9.17) is 32.8 Å². The number of ether oxygens (including phenoxy) is 2. The second-order valence-electron chi connectivity index (χ2n) is 8.26. The van der Waals surface area contributed by atoms with E-state index in [-0.39, 0.29) is 43.9 Å². The predicted octanol–water partition coefficient (Wildman–Crippen LogP) is 4.59. The number of hydrogen-bond acceptors (Lipinski definition) is 9. The van der Waals surface area contributed by atoms with Crippen LogP contribution in [0.1, 0.15) is 47.5 Å². The smallest absolute Gasteiger partial charge is 0.353 e. The number of fused-ring (bicyclic) bond motifs is 2. The van der Waals surface area contributed by atoms with Crippen LogP contribution < -0.4 is 0 Å². The second kappa shape index (κ2) is 11.7. The van der Waals surface area contributed by atoms with Crippen LogP contribution >= 0.6 is 16.1 Å². The Labute approximate surface area is 187 Å². The van der Waals surface area contributed by atoms with Crippen LogP contribution in [0.25, 0.3) is 0 Å². The molecule has 2 aliphatic heterocycles. The highest BCUT2D eigenvalue weighted by Gasteiger charge is 2.57. The lowest BCUT2D eigenvalue weighted by atomic mass is 9.90. The van der Waals surface area contributed by atoms with Gasteiger partial charge in [0.15, 0.2) is 0 Å². The van der Waals surface area contributed by atoms with Crippen molar-refractivity contribution in [3.8, 4) is 6.07 Å². The summed E-state index contributed by atoms with van der Waals surface area (Å²) in [7, 11) is -2.19. The van der Waals surface area contributed by atoms with E-state index in [1.807, 2.05) is 6.92 Å². The summed E-state index contributed by atoms with van der Waals surface area (Å²) in [5, 5.41) is 8.94. The molecule has 0 aromatic rings. The quantitative estimate of drug-likeness (QED) is 0.294. The van der Waals surface area contributed by atoms with Gasteiger partial charge in [0.25, 0.3) is 8.53 Å². The summed E-state index contributed by atoms with van der Waals surface area (Å²) in [4.78, 5) is 0. The maximum Gasteiger partial charge on any atom is 0.353 e. The normalized spacial score (nSPS) is 29.9. The largest absolute Gasteiger partial charge is 0.372 e. The third kappa shape index (κ3) is 6.57. The molecule has 1 unspecified atom stereocenters. The van der Waals surface area contributed by atoms with Crippen molar-refractivity contribution in [2.75, 3.05) is 27.4 Å². The van der Waals surface area contributed by atoms with Gasteiger partial charge in [0, 0.05) is 38.5 Å². The van der Waals surface area contributed by atoms with Crippen LogP contribution in [0, 0.1) is 11.3 Å². The van der Waals surface area contributed by atoms with E-state index in [0.29, 0.717) is 6.42 Å². The Balaban J connectivity index is 2.35. The van der Waals surface area contributed by atoms with E-state index >= 15 is 0 Å². The fraction of sp³-hybridized carbons (Fsp3) is 0.850. The van der Waals surface area contributed by atoms with Crippen molar-refractivity contribution in [3.05, 3.63) is 11.9 Å². The van der Waals surface area contributed by atoms with Gasteiger partial charge in [-0.1, -0.05) is 0 Å². The van der Waals surface area contributed by atoms with E-state index in [1.54, 1.807) is 6.08 Å². The molecule has 11 heteroatoms. The zero-order chi connectivity index (χ0) is 23.2. The van der Waals surface area contributed by atoms with Crippen molar-refractivity contribution in [1.29, 1.82) is 5.26 Å². The number of hydrogen-bond donors (Lipinski definition) is 0. The fourth-order valence-electron chi connectivity index (χ4n) is 3.91. The Kier molecular flexibility index (Phi) is 10.1. The molecule has 0 saturated carbocycles. The van der Waals surface area contributed by atoms with Gasteiger partial charge >= 0.3 is 7.60 Å². The van der Waals surface area contributed by atoms with Crippen molar-refractivity contribution >= 4 is 16.1 Å². The lowest BCUT2D eigenvalue weighted by Crippen LogP contribution is -2.53. The number of nitriles is 1. The monoisotopic (exact) mass is 478 g/mol. The SMILES string of the molecule is COP(=O)(/C=C/[C@@]12CO[C@@H](C[C@H](C)O1)[C@H]2OP(OCCC#N)N(C(C)C)C(C)C)OC. The summed E-state index contributed by atoms with van der Waals surface area (Å²) < 4.78 is 49.8. The van der Waals surface area contributed by atoms with Gasteiger partial charge in [-0.05, 0) is 40.7 Å². The van der Waals surface area contributed by atoms with E-state index in [0.717, 1.165) is 0 Å². The Morgan fingerprint density at radius 1 is 1.29 bits per heavy atom. The van der Waals surface area contributed by atoms with Crippen LogP contribution in [0.3, 0.4) is 0 Å². The third-order valence-electron chi connectivity index (χ3n) is 5.24. The van der Waals surface area contributed by atoms with Crippen molar-refractivity contribution in [2.24, 2.45) is 0 Å². The van der Waals surface area contributed by atoms with Gasteiger partial charge in [0.1, 0.15) is 11.7 Å². The minimum Gasteiger partial charge on any atom is -0.372 e. The summed E-state index contributed by atoms with van der Waals surface area (Å²) in [5.74, 6) is 1.41. The van der Waals surface area contributed by atoms with Crippen LogP contribution in [0.2, 0.25) is 0 Å². The highest BCUT2D eigenvalue weighted by molar-refractivity contribution is 7.57. The van der Waals surface area contributed by atoms with Crippen molar-refractivity contribution in [1.82, 2.24) is 4.67 Å². The molecule has 5 atom stereocenters. The van der Waals surface area contributed by atoms with Crippen LogP contribution in [-0.2, 0) is 32.1 Å². The molecule has 2 saturated heterocycles. The molecule has 0 amide bonds. The van der Waals surface area contributed by atoms with Gasteiger partial charge in [0.05, 0.1) is 37.9 Å². The first-order valence-corrected chi connectivity index (χ1v) is 13.3. The molecule has 0 aliphatic carbocycles. The summed E-state index contributed by atoms with van der Waals surface area (Å²) in [6.07, 6.45) is 1.94. The molecule has 0 spiro atoms. The van der Waals surface area contributed by atoms with Gasteiger partial charge in [-0.2, -0.15) is 5.26 Å². The van der Waals surface area contributed by atoms with E-state index in [2.05, 4.69) is 38.4 Å². The molecule has 31 heavy (non-hydrogen) atoms. The lowest BCUT2D eigenvalue weighted by molar-refractivity contribution is -0.131. The fourth-order valence-corrected chi connectivity index (χ4v) is 6.55. The molecule has 9 nitrogen and oxygen atoms in total.